The maximum Gasteiger partial charge on any atom is 0.106 e. The van der Waals surface area contributed by atoms with Gasteiger partial charge in [0.2, 0.25) is 0 Å². The summed E-state index contributed by atoms with van der Waals surface area (Å²) in [6.07, 6.45) is 0. The zero-order valence-electron chi connectivity index (χ0n) is 10.2. The van der Waals surface area contributed by atoms with Crippen LogP contribution in [0.25, 0.3) is 0 Å². The molecule has 0 heterocycles. The fraction of sp³-hybridized carbons (Fsp3) is 0.0714. The molecule has 0 amide bonds. The van der Waals surface area contributed by atoms with E-state index >= 15 is 0 Å². The van der Waals surface area contributed by atoms with Gasteiger partial charge in [-0.3, -0.25) is 0 Å². The lowest BCUT2D eigenvalue weighted by Gasteiger charge is -2.13. The minimum Gasteiger partial charge on any atom is -0.389 e. The van der Waals surface area contributed by atoms with Gasteiger partial charge in [0.25, 0.3) is 0 Å². The summed E-state index contributed by atoms with van der Waals surface area (Å²) in [5, 5.41) is 4.45. The van der Waals surface area contributed by atoms with E-state index in [1.165, 1.54) is 0 Å². The van der Waals surface area contributed by atoms with Crippen molar-refractivity contribution in [1.82, 2.24) is 0 Å². The molecule has 0 aliphatic carbocycles. The summed E-state index contributed by atoms with van der Waals surface area (Å²) < 4.78 is 0. The molecule has 0 aliphatic heterocycles. The van der Waals surface area contributed by atoms with Gasteiger partial charge in [-0.15, -0.1) is 0 Å². The third kappa shape index (κ3) is 3.38. The van der Waals surface area contributed by atoms with Crippen LogP contribution in [0.2, 0.25) is 10.0 Å². The molecular formula is C14H12Cl2N2S. The Morgan fingerprint density at radius 3 is 2.42 bits per heavy atom. The van der Waals surface area contributed by atoms with Crippen LogP contribution in [-0.4, -0.2) is 4.99 Å². The SMILES string of the molecule is Cc1ccc(Nc2ccc(Cl)cc2C(N)=S)c(Cl)c1. The Kier molecular flexibility index (Phi) is 4.30. The molecule has 2 nitrogen and oxygen atoms in total. The first kappa shape index (κ1) is 14.1. The van der Waals surface area contributed by atoms with Crippen LogP contribution in [0.4, 0.5) is 11.4 Å². The maximum atomic E-state index is 6.19. The van der Waals surface area contributed by atoms with E-state index in [0.29, 0.717) is 15.6 Å². The Labute approximate surface area is 127 Å². The lowest BCUT2D eigenvalue weighted by atomic mass is 10.1. The minimum absolute atomic E-state index is 0.285. The second-order valence-corrected chi connectivity index (χ2v) is 5.45. The number of anilines is 2. The van der Waals surface area contributed by atoms with E-state index in [1.807, 2.05) is 31.2 Å². The maximum absolute atomic E-state index is 6.19. The van der Waals surface area contributed by atoms with Gasteiger partial charge in [-0.1, -0.05) is 41.5 Å². The fourth-order valence-electron chi connectivity index (χ4n) is 1.70. The van der Waals surface area contributed by atoms with Crippen LogP contribution in [0.1, 0.15) is 11.1 Å². The van der Waals surface area contributed by atoms with Crippen molar-refractivity contribution in [1.29, 1.82) is 0 Å². The summed E-state index contributed by atoms with van der Waals surface area (Å²) in [6, 6.07) is 11.1. The fourth-order valence-corrected chi connectivity index (χ4v) is 2.32. The molecule has 98 valence electrons. The molecule has 0 fully saturated rings. The number of benzene rings is 2. The van der Waals surface area contributed by atoms with Crippen LogP contribution in [-0.2, 0) is 0 Å². The summed E-state index contributed by atoms with van der Waals surface area (Å²) in [6.45, 7) is 1.98. The average Bonchev–Trinajstić information content (AvgIpc) is 2.34. The summed E-state index contributed by atoms with van der Waals surface area (Å²) in [5.74, 6) is 0. The second-order valence-electron chi connectivity index (χ2n) is 4.16. The lowest BCUT2D eigenvalue weighted by molar-refractivity contribution is 1.45. The molecule has 0 bridgehead atoms. The topological polar surface area (TPSA) is 38.0 Å². The van der Waals surface area contributed by atoms with Gasteiger partial charge in [0.1, 0.15) is 4.99 Å². The molecule has 0 radical (unpaired) electrons. The Balaban J connectivity index is 2.40. The molecule has 0 saturated carbocycles. The van der Waals surface area contributed by atoms with Gasteiger partial charge in [0.05, 0.1) is 10.7 Å². The first-order valence-corrected chi connectivity index (χ1v) is 6.76. The molecule has 2 aromatic rings. The predicted octanol–water partition coefficient (Wildman–Crippen LogP) is 4.68. The molecule has 5 heteroatoms. The summed E-state index contributed by atoms with van der Waals surface area (Å²) in [4.78, 5) is 0.285. The van der Waals surface area contributed by atoms with E-state index in [1.54, 1.807) is 12.1 Å². The number of nitrogens with two attached hydrogens (primary N) is 1. The first-order chi connectivity index (χ1) is 8.97. The van der Waals surface area contributed by atoms with Crippen LogP contribution in [0, 0.1) is 6.92 Å². The standard InChI is InChI=1S/C14H12Cl2N2S/c1-8-2-4-13(11(16)6-8)18-12-5-3-9(15)7-10(12)14(17)19/h2-7,18H,1H3,(H2,17,19). The zero-order chi connectivity index (χ0) is 14.0. The van der Waals surface area contributed by atoms with Crippen molar-refractivity contribution in [3.05, 3.63) is 57.6 Å². The molecule has 19 heavy (non-hydrogen) atoms. The number of nitrogens with one attached hydrogen (secondary N) is 1. The van der Waals surface area contributed by atoms with Crippen molar-refractivity contribution in [2.75, 3.05) is 5.32 Å². The van der Waals surface area contributed by atoms with Crippen molar-refractivity contribution >= 4 is 51.8 Å². The molecule has 0 aliphatic rings. The van der Waals surface area contributed by atoms with Crippen LogP contribution >= 0.6 is 35.4 Å². The largest absolute Gasteiger partial charge is 0.389 e. The summed E-state index contributed by atoms with van der Waals surface area (Å²) in [7, 11) is 0. The van der Waals surface area contributed by atoms with Gasteiger partial charge in [-0.05, 0) is 42.8 Å². The number of hydrogen-bond acceptors (Lipinski definition) is 2. The molecular weight excluding hydrogens is 299 g/mol. The summed E-state index contributed by atoms with van der Waals surface area (Å²) >= 11 is 17.2. The highest BCUT2D eigenvalue weighted by atomic mass is 35.5. The smallest absolute Gasteiger partial charge is 0.106 e. The molecule has 0 aromatic heterocycles. The predicted molar refractivity (Wildman–Crippen MR) is 86.8 cm³/mol. The Morgan fingerprint density at radius 2 is 1.79 bits per heavy atom. The lowest BCUT2D eigenvalue weighted by Crippen LogP contribution is -2.12. The van der Waals surface area contributed by atoms with Crippen LogP contribution in [0.3, 0.4) is 0 Å². The quantitative estimate of drug-likeness (QED) is 0.808. The first-order valence-electron chi connectivity index (χ1n) is 5.60. The van der Waals surface area contributed by atoms with E-state index in [2.05, 4.69) is 5.32 Å². The van der Waals surface area contributed by atoms with Crippen molar-refractivity contribution in [3.8, 4) is 0 Å². The van der Waals surface area contributed by atoms with Crippen LogP contribution in [0.5, 0.6) is 0 Å². The molecule has 0 spiro atoms. The van der Waals surface area contributed by atoms with Gasteiger partial charge in [0, 0.05) is 16.3 Å². The molecule has 2 aromatic carbocycles. The highest BCUT2D eigenvalue weighted by molar-refractivity contribution is 7.80. The molecule has 0 saturated heterocycles. The third-order valence-corrected chi connectivity index (χ3v) is 3.41. The minimum atomic E-state index is 0.285. The second kappa shape index (κ2) is 5.78. The number of hydrogen-bond donors (Lipinski definition) is 2. The zero-order valence-corrected chi connectivity index (χ0v) is 12.5. The highest BCUT2D eigenvalue weighted by Crippen LogP contribution is 2.29. The van der Waals surface area contributed by atoms with Gasteiger partial charge in [-0.25, -0.2) is 0 Å². The average molecular weight is 311 g/mol. The third-order valence-electron chi connectivity index (χ3n) is 2.64. The van der Waals surface area contributed by atoms with Gasteiger partial charge in [0.15, 0.2) is 0 Å². The van der Waals surface area contributed by atoms with Crippen LogP contribution < -0.4 is 11.1 Å². The number of thiocarbonyl (C=S) groups is 1. The summed E-state index contributed by atoms with van der Waals surface area (Å²) in [5.41, 5.74) is 9.07. The molecule has 0 atom stereocenters. The molecule has 2 rings (SSSR count). The van der Waals surface area contributed by atoms with E-state index in [0.717, 1.165) is 16.9 Å². The van der Waals surface area contributed by atoms with Gasteiger partial charge in [-0.2, -0.15) is 0 Å². The van der Waals surface area contributed by atoms with Crippen molar-refractivity contribution in [2.45, 2.75) is 6.92 Å². The van der Waals surface area contributed by atoms with Crippen molar-refractivity contribution in [3.63, 3.8) is 0 Å². The Hall–Kier alpha value is -1.29. The normalized spacial score (nSPS) is 10.3. The molecule has 3 N–H and O–H groups in total. The van der Waals surface area contributed by atoms with Crippen molar-refractivity contribution < 1.29 is 0 Å². The van der Waals surface area contributed by atoms with E-state index in [4.69, 9.17) is 41.2 Å². The van der Waals surface area contributed by atoms with E-state index in [9.17, 15) is 0 Å². The van der Waals surface area contributed by atoms with E-state index < -0.39 is 0 Å². The monoisotopic (exact) mass is 310 g/mol. The molecule has 0 unspecified atom stereocenters. The number of aryl methyl sites for hydroxylation is 1. The highest BCUT2D eigenvalue weighted by Gasteiger charge is 2.08. The van der Waals surface area contributed by atoms with Gasteiger partial charge >= 0.3 is 0 Å². The Morgan fingerprint density at radius 1 is 1.11 bits per heavy atom. The number of halogens is 2. The van der Waals surface area contributed by atoms with Crippen LogP contribution in [0.15, 0.2) is 36.4 Å². The van der Waals surface area contributed by atoms with Gasteiger partial charge < -0.3 is 11.1 Å². The van der Waals surface area contributed by atoms with E-state index in [-0.39, 0.29) is 4.99 Å². The Bertz CT molecular complexity index is 641. The van der Waals surface area contributed by atoms with Crippen molar-refractivity contribution in [2.24, 2.45) is 5.73 Å². The number of rotatable bonds is 3.